The summed E-state index contributed by atoms with van der Waals surface area (Å²) < 4.78 is 0. The third-order valence-corrected chi connectivity index (χ3v) is 15.5. The number of aliphatic hydroxyl groups is 2. The highest BCUT2D eigenvalue weighted by atomic mass is 16.4. The van der Waals surface area contributed by atoms with Gasteiger partial charge in [0.05, 0.1) is 32.6 Å². The molecule has 0 aromatic rings. The maximum Gasteiger partial charge on any atom is 0.305 e. The lowest BCUT2D eigenvalue weighted by atomic mass is 10.0. The van der Waals surface area contributed by atoms with Crippen molar-refractivity contribution in [3.63, 3.8) is 0 Å². The summed E-state index contributed by atoms with van der Waals surface area (Å²) in [5, 5.41) is 62.4. The number of nitrogens with zero attached hydrogens (tertiary/aromatic N) is 2. The summed E-state index contributed by atoms with van der Waals surface area (Å²) in [7, 11) is 1.24. The summed E-state index contributed by atoms with van der Waals surface area (Å²) in [6.07, 6.45) is 9.38. The number of primary amides is 1. The summed E-state index contributed by atoms with van der Waals surface area (Å²) in [6, 6.07) is -15.7. The molecule has 0 aromatic heterocycles. The van der Waals surface area contributed by atoms with Crippen LogP contribution >= 0.6 is 0 Å². The maximum absolute atomic E-state index is 14.6. The number of hydrogen-bond donors (Lipinski definition) is 14. The summed E-state index contributed by atoms with van der Waals surface area (Å²) in [6.45, 7) is 14.9. The van der Waals surface area contributed by atoms with Crippen LogP contribution in [-0.4, -0.2) is 206 Å². The number of nitrogens with one attached hydrogen (secondary N) is 9. The molecule has 30 heteroatoms. The van der Waals surface area contributed by atoms with Crippen LogP contribution in [0.1, 0.15) is 190 Å². The molecule has 0 aliphatic carbocycles. The molecule has 15 N–H and O–H groups in total. The van der Waals surface area contributed by atoms with Gasteiger partial charge >= 0.3 is 11.9 Å². The van der Waals surface area contributed by atoms with Gasteiger partial charge < -0.3 is 83.8 Å². The van der Waals surface area contributed by atoms with Crippen LogP contribution in [0, 0.1) is 11.8 Å². The van der Waals surface area contributed by atoms with Crippen molar-refractivity contribution < 1.29 is 87.5 Å². The van der Waals surface area contributed by atoms with Crippen molar-refractivity contribution in [3.8, 4) is 0 Å². The molecule has 92 heavy (non-hydrogen) atoms. The second-order valence-corrected chi connectivity index (χ2v) is 24.5. The van der Waals surface area contributed by atoms with Crippen LogP contribution in [-0.2, 0) is 67.1 Å². The molecule has 522 valence electrons. The lowest BCUT2D eigenvalue weighted by molar-refractivity contribution is -0.149. The van der Waals surface area contributed by atoms with Crippen LogP contribution in [0.4, 0.5) is 0 Å². The van der Waals surface area contributed by atoms with E-state index in [1.54, 1.807) is 27.7 Å². The normalized spacial score (nSPS) is 16.6. The highest BCUT2D eigenvalue weighted by Gasteiger charge is 2.48. The summed E-state index contributed by atoms with van der Waals surface area (Å²) in [5.41, 5.74) is 5.41. The Kier molecular flexibility index (Phi) is 39.3. The molecular formula is C62H106N12O18. The molecule has 0 radical (unpaired) electrons. The number of carbonyl (C=O) groups is 14. The Balaban J connectivity index is 3.46. The fourth-order valence-electron chi connectivity index (χ4n) is 10.5. The lowest BCUT2D eigenvalue weighted by Gasteiger charge is -2.32. The smallest absolute Gasteiger partial charge is 0.305 e. The van der Waals surface area contributed by atoms with Gasteiger partial charge in [0.1, 0.15) is 60.4 Å². The number of nitrogens with two attached hydrogens (primary N) is 1. The number of allylic oxidation sites excluding steroid dienone is 1. The molecule has 0 bridgehead atoms. The molecule has 1 aliphatic heterocycles. The molecule has 1 heterocycles. The first-order valence-electron chi connectivity index (χ1n) is 32.2. The SMILES string of the molecule is C=CCC[C@H](NC(=O)[C@@H](CO)NC(=O)[C@H](CC(C)C)NC(=O)[C@@H](CO)NC(=O)[C@H](CCCCCCCC)NC(C)=O)C(=O)N(C)[C@@H]1CC(C)N([C@@H](CC(=O)O)C(=O)N[C@H](CCCCCCCC)C(=O)N[C@@H](CC(=O)O)C(=O)NCC(=O)N[C@@H](CC(C)C)C(N)=O)C1=O. The van der Waals surface area contributed by atoms with E-state index < -0.39 is 182 Å². The van der Waals surface area contributed by atoms with Crippen molar-refractivity contribution in [2.24, 2.45) is 17.6 Å². The zero-order chi connectivity index (χ0) is 69.8. The number of carbonyl (C=O) groups excluding carboxylic acids is 12. The van der Waals surface area contributed by atoms with Gasteiger partial charge in [-0.2, -0.15) is 0 Å². The van der Waals surface area contributed by atoms with E-state index in [0.717, 1.165) is 67.6 Å². The number of aliphatic carboxylic acids is 2. The van der Waals surface area contributed by atoms with Crippen LogP contribution in [0.15, 0.2) is 12.7 Å². The van der Waals surface area contributed by atoms with Crippen LogP contribution in [0.5, 0.6) is 0 Å². The van der Waals surface area contributed by atoms with Gasteiger partial charge in [0, 0.05) is 20.0 Å². The van der Waals surface area contributed by atoms with Gasteiger partial charge in [0.15, 0.2) is 0 Å². The predicted molar refractivity (Wildman–Crippen MR) is 338 cm³/mol. The summed E-state index contributed by atoms with van der Waals surface area (Å²) >= 11 is 0. The second-order valence-electron chi connectivity index (χ2n) is 24.5. The number of carboxylic acid groups (broad SMARTS) is 2. The molecule has 1 unspecified atom stereocenters. The average molecular weight is 1310 g/mol. The van der Waals surface area contributed by atoms with E-state index in [1.165, 1.54) is 27.0 Å². The third kappa shape index (κ3) is 30.6. The van der Waals surface area contributed by atoms with Gasteiger partial charge in [-0.25, -0.2) is 0 Å². The Hall–Kier alpha value is -7.76. The molecule has 1 rings (SSSR count). The number of carboxylic acids is 2. The first-order chi connectivity index (χ1) is 43.4. The van der Waals surface area contributed by atoms with Gasteiger partial charge in [-0.15, -0.1) is 6.58 Å². The molecule has 0 saturated carbocycles. The minimum Gasteiger partial charge on any atom is -0.481 e. The highest BCUT2D eigenvalue weighted by Crippen LogP contribution is 2.28. The van der Waals surface area contributed by atoms with Crippen LogP contribution in [0.25, 0.3) is 0 Å². The zero-order valence-electron chi connectivity index (χ0n) is 55.2. The molecule has 0 aromatic carbocycles. The second kappa shape index (κ2) is 43.9. The number of aliphatic hydroxyl groups excluding tert-OH is 2. The number of likely N-dealkylation sites (N-methyl/N-ethyl adjacent to an activating group) is 1. The quantitative estimate of drug-likeness (QED) is 0.0277. The first kappa shape index (κ1) is 82.3. The highest BCUT2D eigenvalue weighted by molar-refractivity contribution is 6.00. The van der Waals surface area contributed by atoms with Crippen LogP contribution in [0.2, 0.25) is 0 Å². The molecule has 1 saturated heterocycles. The Bertz CT molecular complexity index is 2480. The average Bonchev–Trinajstić information content (AvgIpc) is 1.63. The van der Waals surface area contributed by atoms with Gasteiger partial charge in [-0.1, -0.05) is 125 Å². The number of hydrogen-bond acceptors (Lipinski definition) is 16. The minimum absolute atomic E-state index is 0.0305. The Morgan fingerprint density at radius 3 is 1.45 bits per heavy atom. The maximum atomic E-state index is 14.6. The number of likely N-dealkylation sites (tertiary alicyclic amines) is 1. The summed E-state index contributed by atoms with van der Waals surface area (Å²) in [5.74, 6) is -14.3. The van der Waals surface area contributed by atoms with E-state index in [1.807, 2.05) is 6.92 Å². The molecule has 12 amide bonds. The van der Waals surface area contributed by atoms with Gasteiger partial charge in [-0.3, -0.25) is 67.1 Å². The van der Waals surface area contributed by atoms with Crippen molar-refractivity contribution in [2.75, 3.05) is 26.8 Å². The zero-order valence-corrected chi connectivity index (χ0v) is 55.2. The van der Waals surface area contributed by atoms with Crippen molar-refractivity contribution in [1.82, 2.24) is 57.7 Å². The van der Waals surface area contributed by atoms with E-state index in [-0.39, 0.29) is 56.8 Å². The molecule has 0 spiro atoms. The van der Waals surface area contributed by atoms with Crippen molar-refractivity contribution >= 4 is 82.8 Å². The first-order valence-corrected chi connectivity index (χ1v) is 32.2. The van der Waals surface area contributed by atoms with Crippen LogP contribution < -0.4 is 53.6 Å². The Labute approximate surface area is 540 Å². The van der Waals surface area contributed by atoms with E-state index in [9.17, 15) is 87.5 Å². The van der Waals surface area contributed by atoms with E-state index in [2.05, 4.69) is 61.4 Å². The topological polar surface area (TPSA) is 461 Å². The third-order valence-electron chi connectivity index (χ3n) is 15.5. The Morgan fingerprint density at radius 2 is 0.989 bits per heavy atom. The Morgan fingerprint density at radius 1 is 0.565 bits per heavy atom. The molecule has 1 aliphatic rings. The molecule has 30 nitrogen and oxygen atoms in total. The minimum atomic E-state index is -1.82. The number of unbranched alkanes of at least 4 members (excludes halogenated alkanes) is 10. The van der Waals surface area contributed by atoms with E-state index >= 15 is 0 Å². The summed E-state index contributed by atoms with van der Waals surface area (Å²) in [4.78, 5) is 189. The largest absolute Gasteiger partial charge is 0.481 e. The fraction of sp³-hybridized carbons (Fsp3) is 0.742. The van der Waals surface area contributed by atoms with Crippen molar-refractivity contribution in [1.29, 1.82) is 0 Å². The van der Waals surface area contributed by atoms with E-state index in [4.69, 9.17) is 5.73 Å². The molecule has 11 atom stereocenters. The van der Waals surface area contributed by atoms with Crippen LogP contribution in [0.3, 0.4) is 0 Å². The number of amides is 12. The van der Waals surface area contributed by atoms with Gasteiger partial charge in [-0.05, 0) is 63.7 Å². The van der Waals surface area contributed by atoms with Gasteiger partial charge in [0.25, 0.3) is 0 Å². The molecular weight excluding hydrogens is 1200 g/mol. The lowest BCUT2D eigenvalue weighted by Crippen LogP contribution is -2.61. The number of rotatable bonds is 48. The van der Waals surface area contributed by atoms with Gasteiger partial charge in [0.2, 0.25) is 70.9 Å². The van der Waals surface area contributed by atoms with Crippen molar-refractivity contribution in [2.45, 2.75) is 257 Å². The fourth-order valence-corrected chi connectivity index (χ4v) is 10.5. The molecule has 1 fully saturated rings. The monoisotopic (exact) mass is 1310 g/mol. The van der Waals surface area contributed by atoms with Crippen molar-refractivity contribution in [3.05, 3.63) is 12.7 Å². The van der Waals surface area contributed by atoms with E-state index in [0.29, 0.717) is 19.3 Å². The predicted octanol–water partition coefficient (Wildman–Crippen LogP) is -0.204. The standard InChI is InChI=1S/C62H106N12O18/c1-11-14-17-19-21-23-26-40(65-39(9)77)55(85)71-47(35-76)59(89)69-44(29-37(6)7)57(87)72-46(34-75)58(88)68-42(25-16-13-3)61(91)73(10)49-30-38(8)74(62(49)92)48(32-52(81)82)60(90)67-41(27-24-22-20-18-15-12-2)56(86)70-45(31-51(79)80)54(84)64-33-50(78)66-43(53(63)83)28-36(4)5/h13,36-38,40-49,75-76H,3,11-12,14-35H2,1-2,4-10H3,(H2,63,83)(H,64,84)(H,65,77)(H,66,78)(H,67,90)(H,68,88)(H,69,89)(H,70,86)(H,71,85)(H,72,87)(H,79,80)(H,81,82)/t38?,40-,41+,42-,43-,44-,45-,46+,47+,48-,49+/m0/s1.